The summed E-state index contributed by atoms with van der Waals surface area (Å²) in [5, 5.41) is 3.05. The Hall–Kier alpha value is -6.22. The van der Waals surface area contributed by atoms with E-state index in [2.05, 4.69) is 220 Å². The van der Waals surface area contributed by atoms with Crippen LogP contribution in [-0.4, -0.2) is 8.07 Å². The first-order chi connectivity index (χ1) is 27.3. The molecule has 1 aliphatic heterocycles. The molecular weight excluding hydrogens is 691 g/mol. The van der Waals surface area contributed by atoms with Gasteiger partial charge >= 0.3 is 0 Å². The zero-order valence-electron chi connectivity index (χ0n) is 32.3. The maximum absolute atomic E-state index is 2.53. The van der Waals surface area contributed by atoms with Crippen molar-refractivity contribution in [1.82, 2.24) is 0 Å². The molecule has 1 heterocycles. The number of benzene rings is 8. The highest BCUT2D eigenvalue weighted by atomic mass is 28.3. The van der Waals surface area contributed by atoms with Gasteiger partial charge in [-0.1, -0.05) is 179 Å². The van der Waals surface area contributed by atoms with Crippen molar-refractivity contribution in [1.29, 1.82) is 0 Å². The van der Waals surface area contributed by atoms with E-state index in [0.717, 1.165) is 17.1 Å². The molecule has 0 unspecified atom stereocenters. The molecule has 2 aliphatic carbocycles. The summed E-state index contributed by atoms with van der Waals surface area (Å²) in [5.41, 5.74) is 19.0. The molecule has 1 spiro atoms. The topological polar surface area (TPSA) is 3.24 Å². The van der Waals surface area contributed by atoms with Gasteiger partial charge in [-0.25, -0.2) is 0 Å². The minimum atomic E-state index is -2.01. The van der Waals surface area contributed by atoms with Crippen molar-refractivity contribution in [2.45, 2.75) is 37.8 Å². The Labute approximate surface area is 331 Å². The molecule has 0 fully saturated rings. The van der Waals surface area contributed by atoms with Gasteiger partial charge in [0.05, 0.1) is 5.41 Å². The third kappa shape index (κ3) is 4.42. The molecule has 8 aromatic rings. The molecule has 268 valence electrons. The maximum Gasteiger partial charge on any atom is 0.113 e. The van der Waals surface area contributed by atoms with Crippen LogP contribution in [-0.2, 0) is 10.8 Å². The molecule has 56 heavy (non-hydrogen) atoms. The van der Waals surface area contributed by atoms with Crippen LogP contribution in [0.2, 0.25) is 13.1 Å². The lowest BCUT2D eigenvalue weighted by Gasteiger charge is -2.46. The first-order valence-corrected chi connectivity index (χ1v) is 22.9. The van der Waals surface area contributed by atoms with E-state index in [1.807, 2.05) is 0 Å². The predicted octanol–water partition coefficient (Wildman–Crippen LogP) is 12.6. The van der Waals surface area contributed by atoms with E-state index in [-0.39, 0.29) is 5.41 Å². The van der Waals surface area contributed by atoms with Gasteiger partial charge in [0.15, 0.2) is 0 Å². The van der Waals surface area contributed by atoms with Gasteiger partial charge in [-0.3, -0.25) is 0 Å². The van der Waals surface area contributed by atoms with E-state index in [4.69, 9.17) is 0 Å². The van der Waals surface area contributed by atoms with Crippen molar-refractivity contribution < 1.29 is 0 Å². The Morgan fingerprint density at radius 2 is 0.821 bits per heavy atom. The second-order valence-electron chi connectivity index (χ2n) is 16.9. The summed E-state index contributed by atoms with van der Waals surface area (Å²) in [6.07, 6.45) is 0. The lowest BCUT2D eigenvalue weighted by molar-refractivity contribution is 0.660. The average molecular weight is 734 g/mol. The minimum Gasteiger partial charge on any atom is -0.310 e. The van der Waals surface area contributed by atoms with Gasteiger partial charge < -0.3 is 4.90 Å². The number of nitrogens with zero attached hydrogens (tertiary/aromatic N) is 1. The monoisotopic (exact) mass is 733 g/mol. The van der Waals surface area contributed by atoms with E-state index in [1.165, 1.54) is 77.1 Å². The Balaban J connectivity index is 1.19. The van der Waals surface area contributed by atoms with Crippen LogP contribution in [0.5, 0.6) is 0 Å². The quantitative estimate of drug-likeness (QED) is 0.163. The molecule has 8 aromatic carbocycles. The highest BCUT2D eigenvalue weighted by Gasteiger charge is 2.53. The normalized spacial score (nSPS) is 15.6. The van der Waals surface area contributed by atoms with Crippen molar-refractivity contribution in [3.05, 3.63) is 221 Å². The molecule has 0 saturated carbocycles. The molecule has 0 atom stereocenters. The average Bonchev–Trinajstić information content (AvgIpc) is 3.66. The van der Waals surface area contributed by atoms with Crippen molar-refractivity contribution in [3.8, 4) is 33.4 Å². The SMILES string of the molecule is CC1(C)c2ccccc2-c2ccc(N(c3cccc(-c4ccccc4)c3)c3ccc4c(c3)C3(c5ccccc5-4)c4ccccc4[Si](C)(C)c4ccccc43)cc21. The van der Waals surface area contributed by atoms with Crippen LogP contribution >= 0.6 is 0 Å². The van der Waals surface area contributed by atoms with Gasteiger partial charge in [0.25, 0.3) is 0 Å². The van der Waals surface area contributed by atoms with Crippen LogP contribution in [0.15, 0.2) is 188 Å². The largest absolute Gasteiger partial charge is 0.310 e. The zero-order valence-corrected chi connectivity index (χ0v) is 33.3. The molecule has 3 aliphatic rings. The van der Waals surface area contributed by atoms with E-state index in [0.29, 0.717) is 0 Å². The number of fused-ring (bicyclic) bond motifs is 12. The summed E-state index contributed by atoms with van der Waals surface area (Å²) in [6.45, 7) is 9.82. The molecule has 0 aromatic heterocycles. The molecule has 0 bridgehead atoms. The molecular formula is C54H43NSi. The molecule has 0 N–H and O–H groups in total. The van der Waals surface area contributed by atoms with Crippen LogP contribution in [0.3, 0.4) is 0 Å². The summed E-state index contributed by atoms with van der Waals surface area (Å²) < 4.78 is 0. The summed E-state index contributed by atoms with van der Waals surface area (Å²) >= 11 is 0. The Morgan fingerprint density at radius 3 is 1.48 bits per heavy atom. The van der Waals surface area contributed by atoms with E-state index in [9.17, 15) is 0 Å². The Kier molecular flexibility index (Phi) is 7.04. The first kappa shape index (κ1) is 33.1. The second kappa shape index (κ2) is 11.9. The summed E-state index contributed by atoms with van der Waals surface area (Å²) in [7, 11) is -2.01. The van der Waals surface area contributed by atoms with Crippen LogP contribution < -0.4 is 15.3 Å². The number of hydrogen-bond acceptors (Lipinski definition) is 1. The van der Waals surface area contributed by atoms with Gasteiger partial charge in [0, 0.05) is 22.5 Å². The maximum atomic E-state index is 2.53. The van der Waals surface area contributed by atoms with Crippen LogP contribution in [0, 0.1) is 0 Å². The van der Waals surface area contributed by atoms with Gasteiger partial charge in [0.2, 0.25) is 0 Å². The lowest BCUT2D eigenvalue weighted by atomic mass is 9.67. The molecule has 1 nitrogen and oxygen atoms in total. The third-order valence-corrected chi connectivity index (χ3v) is 16.9. The number of hydrogen-bond donors (Lipinski definition) is 0. The second-order valence-corrected chi connectivity index (χ2v) is 21.2. The van der Waals surface area contributed by atoms with E-state index >= 15 is 0 Å². The fraction of sp³-hybridized carbons (Fsp3) is 0.111. The fourth-order valence-electron chi connectivity index (χ4n) is 10.7. The van der Waals surface area contributed by atoms with Gasteiger partial charge in [-0.15, -0.1) is 0 Å². The molecule has 2 heteroatoms. The van der Waals surface area contributed by atoms with Crippen molar-refractivity contribution in [2.75, 3.05) is 4.90 Å². The molecule has 0 radical (unpaired) electrons. The predicted molar refractivity (Wildman–Crippen MR) is 238 cm³/mol. The molecule has 0 amide bonds. The van der Waals surface area contributed by atoms with E-state index in [1.54, 1.807) is 0 Å². The lowest BCUT2D eigenvalue weighted by Crippen LogP contribution is -2.63. The Bertz CT molecular complexity index is 2830. The summed E-state index contributed by atoms with van der Waals surface area (Å²) in [5.74, 6) is 0. The third-order valence-electron chi connectivity index (χ3n) is 13.3. The Morgan fingerprint density at radius 1 is 0.357 bits per heavy atom. The highest BCUT2D eigenvalue weighted by molar-refractivity contribution is 7.01. The first-order valence-electron chi connectivity index (χ1n) is 19.9. The van der Waals surface area contributed by atoms with Crippen LogP contribution in [0.4, 0.5) is 17.1 Å². The zero-order chi connectivity index (χ0) is 37.8. The smallest absolute Gasteiger partial charge is 0.113 e. The van der Waals surface area contributed by atoms with E-state index < -0.39 is 13.5 Å². The number of anilines is 3. The number of rotatable bonds is 4. The standard InChI is InChI=1S/C54H43NSi/c1-53(2)45-23-10-8-21-41(45)43-31-29-39(34-49(43)53)55(38-20-16-19-37(33-38)36-17-6-5-7-18-36)40-30-32-44-42-22-9-11-24-46(42)54(50(44)35-40)47-25-12-14-27-51(47)56(3,4)52-28-15-13-26-48(52)54/h5-35H,1-4H3. The van der Waals surface area contributed by atoms with Gasteiger partial charge in [0.1, 0.15) is 8.07 Å². The van der Waals surface area contributed by atoms with Crippen molar-refractivity contribution >= 4 is 35.5 Å². The summed E-state index contributed by atoms with van der Waals surface area (Å²) in [6, 6.07) is 71.1. The van der Waals surface area contributed by atoms with Crippen LogP contribution in [0.25, 0.3) is 33.4 Å². The van der Waals surface area contributed by atoms with Crippen molar-refractivity contribution in [3.63, 3.8) is 0 Å². The highest BCUT2D eigenvalue weighted by Crippen LogP contribution is 2.58. The molecule has 0 saturated heterocycles. The minimum absolute atomic E-state index is 0.116. The molecule has 11 rings (SSSR count). The van der Waals surface area contributed by atoms with Crippen LogP contribution in [0.1, 0.15) is 47.2 Å². The van der Waals surface area contributed by atoms with Crippen molar-refractivity contribution in [2.24, 2.45) is 0 Å². The van der Waals surface area contributed by atoms with Gasteiger partial charge in [-0.2, -0.15) is 0 Å². The fourth-order valence-corrected chi connectivity index (χ4v) is 13.9. The summed E-state index contributed by atoms with van der Waals surface area (Å²) in [4.78, 5) is 2.50. The van der Waals surface area contributed by atoms with Gasteiger partial charge in [-0.05, 0) is 114 Å².